The van der Waals surface area contributed by atoms with Crippen LogP contribution in [-0.2, 0) is 19.4 Å². The number of sulfone groups is 1. The molecule has 0 saturated carbocycles. The standard InChI is InChI=1S/C13H23NO4S/c1-4-5-11(2)13(15)14(7-8-18-3)12-6-9-19(16,17)10-12/h5,12H,4,6-10H2,1-3H3. The van der Waals surface area contributed by atoms with Crippen LogP contribution in [0.15, 0.2) is 11.6 Å². The lowest BCUT2D eigenvalue weighted by Crippen LogP contribution is -2.43. The Morgan fingerprint density at radius 3 is 2.63 bits per heavy atom. The zero-order chi connectivity index (χ0) is 14.5. The number of nitrogens with zero attached hydrogens (tertiary/aromatic N) is 1. The van der Waals surface area contributed by atoms with E-state index >= 15 is 0 Å². The summed E-state index contributed by atoms with van der Waals surface area (Å²) < 4.78 is 28.1. The summed E-state index contributed by atoms with van der Waals surface area (Å²) in [5.41, 5.74) is 0.669. The van der Waals surface area contributed by atoms with Gasteiger partial charge in [0.25, 0.3) is 0 Å². The Morgan fingerprint density at radius 2 is 2.16 bits per heavy atom. The minimum atomic E-state index is -2.99. The van der Waals surface area contributed by atoms with Gasteiger partial charge in [0, 0.05) is 25.3 Å². The van der Waals surface area contributed by atoms with Gasteiger partial charge >= 0.3 is 0 Å². The van der Waals surface area contributed by atoms with Gasteiger partial charge in [-0.2, -0.15) is 0 Å². The number of methoxy groups -OCH3 is 1. The number of hydrogen-bond acceptors (Lipinski definition) is 4. The monoisotopic (exact) mass is 289 g/mol. The molecule has 1 aliphatic rings. The summed E-state index contributed by atoms with van der Waals surface area (Å²) >= 11 is 0. The van der Waals surface area contributed by atoms with Crippen LogP contribution in [0.25, 0.3) is 0 Å². The molecule has 0 aromatic carbocycles. The van der Waals surface area contributed by atoms with Crippen molar-refractivity contribution in [1.29, 1.82) is 0 Å². The van der Waals surface area contributed by atoms with Crippen LogP contribution in [0.2, 0.25) is 0 Å². The molecule has 110 valence electrons. The summed E-state index contributed by atoms with van der Waals surface area (Å²) in [6, 6.07) is -0.215. The van der Waals surface area contributed by atoms with E-state index in [-0.39, 0.29) is 23.5 Å². The Balaban J connectivity index is 2.83. The van der Waals surface area contributed by atoms with Crippen molar-refractivity contribution in [3.8, 4) is 0 Å². The number of amides is 1. The molecular formula is C13H23NO4S. The van der Waals surface area contributed by atoms with Crippen molar-refractivity contribution in [2.45, 2.75) is 32.7 Å². The Morgan fingerprint density at radius 1 is 1.47 bits per heavy atom. The molecule has 0 radical (unpaired) electrons. The van der Waals surface area contributed by atoms with E-state index in [0.29, 0.717) is 25.1 Å². The van der Waals surface area contributed by atoms with Gasteiger partial charge in [-0.05, 0) is 19.8 Å². The molecule has 0 aromatic rings. The van der Waals surface area contributed by atoms with Crippen LogP contribution in [0.1, 0.15) is 26.7 Å². The maximum atomic E-state index is 12.3. The molecule has 0 aromatic heterocycles. The van der Waals surface area contributed by atoms with Crippen molar-refractivity contribution >= 4 is 15.7 Å². The lowest BCUT2D eigenvalue weighted by atomic mass is 10.1. The Hall–Kier alpha value is -0.880. The van der Waals surface area contributed by atoms with E-state index < -0.39 is 9.84 Å². The molecule has 1 atom stereocenters. The molecule has 19 heavy (non-hydrogen) atoms. The fourth-order valence-corrected chi connectivity index (χ4v) is 4.01. The number of hydrogen-bond donors (Lipinski definition) is 0. The fraction of sp³-hybridized carbons (Fsp3) is 0.769. The Labute approximate surface area is 115 Å². The SMILES string of the molecule is CCC=C(C)C(=O)N(CCOC)C1CCS(=O)(=O)C1. The predicted molar refractivity (Wildman–Crippen MR) is 74.7 cm³/mol. The van der Waals surface area contributed by atoms with Gasteiger partial charge in [-0.3, -0.25) is 4.79 Å². The van der Waals surface area contributed by atoms with E-state index in [1.807, 2.05) is 13.0 Å². The third-order valence-corrected chi connectivity index (χ3v) is 5.04. The van der Waals surface area contributed by atoms with Crippen LogP contribution >= 0.6 is 0 Å². The summed E-state index contributed by atoms with van der Waals surface area (Å²) in [5.74, 6) is 0.160. The van der Waals surface area contributed by atoms with Gasteiger partial charge in [-0.1, -0.05) is 13.0 Å². The van der Waals surface area contributed by atoms with Gasteiger partial charge in [0.1, 0.15) is 0 Å². The maximum Gasteiger partial charge on any atom is 0.249 e. The summed E-state index contributed by atoms with van der Waals surface area (Å²) in [6.07, 6.45) is 3.18. The second-order valence-corrected chi connectivity index (χ2v) is 7.07. The summed E-state index contributed by atoms with van der Waals surface area (Å²) in [4.78, 5) is 14.0. The lowest BCUT2D eigenvalue weighted by Gasteiger charge is -2.28. The third-order valence-electron chi connectivity index (χ3n) is 3.29. The minimum Gasteiger partial charge on any atom is -0.383 e. The highest BCUT2D eigenvalue weighted by atomic mass is 32.2. The number of rotatable bonds is 6. The van der Waals surface area contributed by atoms with Crippen molar-refractivity contribution in [2.24, 2.45) is 0 Å². The van der Waals surface area contributed by atoms with Crippen LogP contribution in [0, 0.1) is 0 Å². The number of carbonyl (C=O) groups excluding carboxylic acids is 1. The van der Waals surface area contributed by atoms with Crippen LogP contribution in [0.3, 0.4) is 0 Å². The molecule has 6 heteroatoms. The first-order valence-corrected chi connectivity index (χ1v) is 8.40. The largest absolute Gasteiger partial charge is 0.383 e. The van der Waals surface area contributed by atoms with E-state index in [1.54, 1.807) is 18.9 Å². The van der Waals surface area contributed by atoms with Crippen LogP contribution in [0.5, 0.6) is 0 Å². The van der Waals surface area contributed by atoms with Gasteiger partial charge in [-0.25, -0.2) is 8.42 Å². The van der Waals surface area contributed by atoms with Gasteiger partial charge in [0.05, 0.1) is 18.1 Å². The van der Waals surface area contributed by atoms with Gasteiger partial charge in [0.15, 0.2) is 9.84 Å². The average molecular weight is 289 g/mol. The highest BCUT2D eigenvalue weighted by Crippen LogP contribution is 2.19. The van der Waals surface area contributed by atoms with Crippen molar-refractivity contribution < 1.29 is 17.9 Å². The second kappa shape index (κ2) is 7.05. The molecule has 0 aliphatic carbocycles. The Bertz CT molecular complexity index is 442. The first-order valence-electron chi connectivity index (χ1n) is 6.58. The van der Waals surface area contributed by atoms with E-state index in [0.717, 1.165) is 6.42 Å². The van der Waals surface area contributed by atoms with E-state index in [1.165, 1.54) is 0 Å². The minimum absolute atomic E-state index is 0.0713. The van der Waals surface area contributed by atoms with Gasteiger partial charge in [0.2, 0.25) is 5.91 Å². The summed E-state index contributed by atoms with van der Waals surface area (Å²) in [7, 11) is -1.42. The summed E-state index contributed by atoms with van der Waals surface area (Å²) in [6.45, 7) is 4.59. The molecule has 1 heterocycles. The first-order chi connectivity index (χ1) is 8.91. The zero-order valence-corrected chi connectivity index (χ0v) is 12.7. The molecular weight excluding hydrogens is 266 g/mol. The van der Waals surface area contributed by atoms with Gasteiger partial charge in [-0.15, -0.1) is 0 Å². The molecule has 1 rings (SSSR count). The quantitative estimate of drug-likeness (QED) is 0.684. The highest BCUT2D eigenvalue weighted by Gasteiger charge is 2.34. The van der Waals surface area contributed by atoms with Crippen LogP contribution in [-0.4, -0.2) is 57.0 Å². The third kappa shape index (κ3) is 4.62. The van der Waals surface area contributed by atoms with E-state index in [9.17, 15) is 13.2 Å². The average Bonchev–Trinajstić information content (AvgIpc) is 2.70. The molecule has 5 nitrogen and oxygen atoms in total. The van der Waals surface area contributed by atoms with Crippen LogP contribution < -0.4 is 0 Å². The van der Waals surface area contributed by atoms with E-state index in [2.05, 4.69) is 0 Å². The predicted octanol–water partition coefficient (Wildman–Crippen LogP) is 1.00. The topological polar surface area (TPSA) is 63.7 Å². The van der Waals surface area contributed by atoms with Crippen molar-refractivity contribution in [3.63, 3.8) is 0 Å². The normalized spacial score (nSPS) is 22.5. The highest BCUT2D eigenvalue weighted by molar-refractivity contribution is 7.91. The molecule has 1 unspecified atom stereocenters. The number of allylic oxidation sites excluding steroid dienone is 1. The molecule has 0 bridgehead atoms. The molecule has 1 fully saturated rings. The zero-order valence-electron chi connectivity index (χ0n) is 11.9. The molecule has 1 amide bonds. The fourth-order valence-electron chi connectivity index (χ4n) is 2.28. The van der Waals surface area contributed by atoms with Crippen LogP contribution in [0.4, 0.5) is 0 Å². The van der Waals surface area contributed by atoms with Crippen molar-refractivity contribution in [2.75, 3.05) is 31.8 Å². The van der Waals surface area contributed by atoms with E-state index in [4.69, 9.17) is 4.74 Å². The molecule has 0 spiro atoms. The number of carbonyl (C=O) groups is 1. The van der Waals surface area contributed by atoms with Crippen molar-refractivity contribution in [3.05, 3.63) is 11.6 Å². The number of ether oxygens (including phenoxy) is 1. The molecule has 1 aliphatic heterocycles. The molecule has 0 N–H and O–H groups in total. The van der Waals surface area contributed by atoms with Gasteiger partial charge < -0.3 is 9.64 Å². The maximum absolute atomic E-state index is 12.3. The second-order valence-electron chi connectivity index (χ2n) is 4.84. The van der Waals surface area contributed by atoms with Crippen molar-refractivity contribution in [1.82, 2.24) is 4.90 Å². The lowest BCUT2D eigenvalue weighted by molar-refractivity contribution is -0.129. The Kier molecular flexibility index (Phi) is 6.00. The summed E-state index contributed by atoms with van der Waals surface area (Å²) in [5, 5.41) is 0. The first kappa shape index (κ1) is 16.2. The molecule has 1 saturated heterocycles. The smallest absolute Gasteiger partial charge is 0.249 e.